The predicted octanol–water partition coefficient (Wildman–Crippen LogP) is 5.19. The summed E-state index contributed by atoms with van der Waals surface area (Å²) in [4.78, 5) is 65.5. The molecule has 5 heterocycles. The van der Waals surface area contributed by atoms with E-state index in [-0.39, 0.29) is 53.1 Å². The van der Waals surface area contributed by atoms with Gasteiger partial charge in [0.05, 0.1) is 21.8 Å². The largest absolute Gasteiger partial charge is 0.385 e. The van der Waals surface area contributed by atoms with E-state index in [1.54, 1.807) is 33.7 Å². The molecule has 0 spiro atoms. The molecule has 312 valence electrons. The number of thiophene rings is 1. The number of fused-ring (bicyclic) bond motifs is 2. The number of amides is 4. The maximum Gasteiger partial charge on any atom is 0.259 e. The fourth-order valence-electron chi connectivity index (χ4n) is 8.09. The van der Waals surface area contributed by atoms with Crippen LogP contribution in [0.15, 0.2) is 59.5 Å². The minimum atomic E-state index is -3.02. The number of benzene rings is 2. The summed E-state index contributed by atoms with van der Waals surface area (Å²) < 4.78 is 26.1. The second kappa shape index (κ2) is 18.3. The van der Waals surface area contributed by atoms with E-state index >= 15 is 0 Å². The lowest BCUT2D eigenvalue weighted by molar-refractivity contribution is -0.136. The van der Waals surface area contributed by atoms with Crippen molar-refractivity contribution in [3.05, 3.63) is 86.6 Å². The molecule has 4 amide bonds. The zero-order valence-electron chi connectivity index (χ0n) is 33.2. The van der Waals surface area contributed by atoms with Gasteiger partial charge in [0.15, 0.2) is 0 Å². The van der Waals surface area contributed by atoms with Crippen molar-refractivity contribution in [2.24, 2.45) is 0 Å². The number of carbonyl (C=O) groups excluding carboxylic acids is 4. The van der Waals surface area contributed by atoms with E-state index in [0.29, 0.717) is 60.3 Å². The van der Waals surface area contributed by atoms with E-state index in [4.69, 9.17) is 5.41 Å². The van der Waals surface area contributed by atoms with Gasteiger partial charge < -0.3 is 25.4 Å². The number of hydrogen-bond donors (Lipinski definition) is 5. The van der Waals surface area contributed by atoms with Crippen LogP contribution in [-0.2, 0) is 32.5 Å². The number of aryl methyl sites for hydroxylation is 1. The van der Waals surface area contributed by atoms with Gasteiger partial charge >= 0.3 is 0 Å². The number of sulfone groups is 1. The fraction of sp³-hybridized carbons (Fsp3) is 0.442. The zero-order valence-corrected chi connectivity index (χ0v) is 34.9. The van der Waals surface area contributed by atoms with E-state index < -0.39 is 21.8 Å². The molecule has 0 aliphatic carbocycles. The number of hydrogen-bond acceptors (Lipinski definition) is 10. The summed E-state index contributed by atoms with van der Waals surface area (Å²) in [6.45, 7) is 4.07. The fourth-order valence-corrected chi connectivity index (χ4v) is 10.7. The SMILES string of the molecule is CCn1cc(-c2ccc(C(=O)NCCCCCCCCNc3cccc4c3CN(C3CCC(=O)NC3=O)C4=O)cc2)c2sc(C(=N)NC3CCS(=O)(=O)CC3)cc2c1=O. The Labute approximate surface area is 347 Å². The van der Waals surface area contributed by atoms with Crippen molar-refractivity contribution < 1.29 is 27.6 Å². The van der Waals surface area contributed by atoms with Crippen LogP contribution in [0.2, 0.25) is 0 Å². The summed E-state index contributed by atoms with van der Waals surface area (Å²) in [5.74, 6) is -0.645. The number of unbranched alkanes of at least 4 members (excludes halogenated alkanes) is 5. The van der Waals surface area contributed by atoms with Gasteiger partial charge in [-0.1, -0.05) is 43.9 Å². The molecule has 0 radical (unpaired) electrons. The Morgan fingerprint density at radius 3 is 2.34 bits per heavy atom. The van der Waals surface area contributed by atoms with Crippen LogP contribution in [0, 0.1) is 5.41 Å². The first-order valence-corrected chi connectivity index (χ1v) is 23.2. The number of aromatic nitrogens is 1. The molecule has 16 heteroatoms. The summed E-state index contributed by atoms with van der Waals surface area (Å²) in [6.07, 6.45) is 9.31. The molecule has 2 saturated heterocycles. The van der Waals surface area contributed by atoms with Crippen LogP contribution < -0.4 is 26.8 Å². The Morgan fingerprint density at radius 1 is 0.915 bits per heavy atom. The van der Waals surface area contributed by atoms with E-state index in [0.717, 1.165) is 72.1 Å². The Hall–Kier alpha value is -5.35. The van der Waals surface area contributed by atoms with Gasteiger partial charge in [0.1, 0.15) is 21.7 Å². The topological polar surface area (TPSA) is 200 Å². The van der Waals surface area contributed by atoms with Gasteiger partial charge in [-0.15, -0.1) is 11.3 Å². The molecule has 14 nitrogen and oxygen atoms in total. The molecule has 2 fully saturated rings. The molecule has 3 aliphatic heterocycles. The Balaban J connectivity index is 0.833. The summed E-state index contributed by atoms with van der Waals surface area (Å²) in [5, 5.41) is 21.2. The third-order valence-corrected chi connectivity index (χ3v) is 14.4. The molecule has 7 rings (SSSR count). The molecule has 1 atom stereocenters. The van der Waals surface area contributed by atoms with Crippen molar-refractivity contribution in [1.29, 1.82) is 5.41 Å². The highest BCUT2D eigenvalue weighted by Gasteiger charge is 2.39. The molecule has 0 bridgehead atoms. The normalized spacial score (nSPS) is 17.8. The first kappa shape index (κ1) is 41.8. The van der Waals surface area contributed by atoms with E-state index in [1.807, 2.05) is 37.4 Å². The molecular formula is C43H51N7O7S2. The van der Waals surface area contributed by atoms with Crippen molar-refractivity contribution in [2.45, 2.75) is 96.3 Å². The lowest BCUT2D eigenvalue weighted by Gasteiger charge is -2.29. The second-order valence-electron chi connectivity index (χ2n) is 15.5. The highest BCUT2D eigenvalue weighted by molar-refractivity contribution is 7.91. The Bertz CT molecular complexity index is 2430. The zero-order chi connectivity index (χ0) is 41.7. The van der Waals surface area contributed by atoms with Gasteiger partial charge in [-0.25, -0.2) is 8.42 Å². The molecule has 0 saturated carbocycles. The first-order chi connectivity index (χ1) is 28.4. The molecule has 4 aromatic rings. The number of piperidine rings is 1. The minimum absolute atomic E-state index is 0.105. The van der Waals surface area contributed by atoms with Gasteiger partial charge in [-0.2, -0.15) is 0 Å². The minimum Gasteiger partial charge on any atom is -0.385 e. The molecule has 2 aromatic heterocycles. The number of pyridine rings is 1. The molecule has 2 aromatic carbocycles. The van der Waals surface area contributed by atoms with E-state index in [9.17, 15) is 32.4 Å². The van der Waals surface area contributed by atoms with Gasteiger partial charge in [0, 0.05) is 77.5 Å². The summed E-state index contributed by atoms with van der Waals surface area (Å²) in [5.41, 5.74) is 4.50. The summed E-state index contributed by atoms with van der Waals surface area (Å²) in [6, 6.07) is 13.9. The first-order valence-electron chi connectivity index (χ1n) is 20.5. The molecule has 5 N–H and O–H groups in total. The maximum absolute atomic E-state index is 13.3. The van der Waals surface area contributed by atoms with Crippen LogP contribution in [-0.4, -0.2) is 84.0 Å². The quantitative estimate of drug-likeness (QED) is 0.0436. The second-order valence-corrected chi connectivity index (χ2v) is 18.9. The smallest absolute Gasteiger partial charge is 0.259 e. The molecule has 3 aliphatic rings. The molecular weight excluding hydrogens is 791 g/mol. The van der Waals surface area contributed by atoms with Gasteiger partial charge in [0.25, 0.3) is 17.4 Å². The summed E-state index contributed by atoms with van der Waals surface area (Å²) >= 11 is 1.36. The Kier molecular flexibility index (Phi) is 13.0. The van der Waals surface area contributed by atoms with Crippen molar-refractivity contribution >= 4 is 66.4 Å². The average Bonchev–Trinajstić information content (AvgIpc) is 3.82. The maximum atomic E-state index is 13.3. The highest BCUT2D eigenvalue weighted by Crippen LogP contribution is 2.35. The van der Waals surface area contributed by atoms with Crippen molar-refractivity contribution in [2.75, 3.05) is 29.9 Å². The van der Waals surface area contributed by atoms with Crippen LogP contribution in [0.1, 0.15) is 102 Å². The monoisotopic (exact) mass is 841 g/mol. The predicted molar refractivity (Wildman–Crippen MR) is 230 cm³/mol. The Morgan fingerprint density at radius 2 is 1.63 bits per heavy atom. The van der Waals surface area contributed by atoms with Gasteiger partial charge in [-0.05, 0) is 74.9 Å². The number of imide groups is 1. The molecule has 59 heavy (non-hydrogen) atoms. The van der Waals surface area contributed by atoms with Crippen molar-refractivity contribution in [3.8, 4) is 11.1 Å². The van der Waals surface area contributed by atoms with Crippen LogP contribution >= 0.6 is 11.3 Å². The van der Waals surface area contributed by atoms with Crippen molar-refractivity contribution in [3.63, 3.8) is 0 Å². The third kappa shape index (κ3) is 9.59. The van der Waals surface area contributed by atoms with Crippen LogP contribution in [0.5, 0.6) is 0 Å². The van der Waals surface area contributed by atoms with Crippen LogP contribution in [0.25, 0.3) is 21.2 Å². The van der Waals surface area contributed by atoms with E-state index in [1.165, 1.54) is 11.3 Å². The van der Waals surface area contributed by atoms with Gasteiger partial charge in [-0.3, -0.25) is 34.7 Å². The van der Waals surface area contributed by atoms with E-state index in [2.05, 4.69) is 21.3 Å². The standard InChI is InChI=1S/C43H51N7O7S2/c1-2-49-25-32(38-31(42(49)54)24-36(58-38)39(44)47-29-18-22-59(56,57)23-19-29)27-12-14-28(15-13-27)40(52)46-21-8-6-4-3-5-7-20-45-34-11-9-10-30-33(34)26-50(43(30)55)35-16-17-37(51)48-41(35)53/h9-15,24-25,29,35,45H,2-8,16-23,26H2,1H3,(H2,44,47)(H,46,52)(H,48,51,53). The van der Waals surface area contributed by atoms with Gasteiger partial charge in [0.2, 0.25) is 11.8 Å². The number of anilines is 1. The lowest BCUT2D eigenvalue weighted by Crippen LogP contribution is -2.52. The number of nitrogens with one attached hydrogen (secondary N) is 5. The van der Waals surface area contributed by atoms with Crippen LogP contribution in [0.4, 0.5) is 5.69 Å². The average molecular weight is 842 g/mol. The number of carbonyl (C=O) groups is 4. The number of rotatable bonds is 16. The van der Waals surface area contributed by atoms with Crippen LogP contribution in [0.3, 0.4) is 0 Å². The molecule has 1 unspecified atom stereocenters. The van der Waals surface area contributed by atoms with Crippen molar-refractivity contribution in [1.82, 2.24) is 25.4 Å². The lowest BCUT2D eigenvalue weighted by atomic mass is 10.0. The number of nitrogens with zero attached hydrogens (tertiary/aromatic N) is 2. The highest BCUT2D eigenvalue weighted by atomic mass is 32.2. The summed E-state index contributed by atoms with van der Waals surface area (Å²) in [7, 11) is -3.02. The number of amidine groups is 1. The third-order valence-electron chi connectivity index (χ3n) is 11.5.